The van der Waals surface area contributed by atoms with Gasteiger partial charge in [-0.05, 0) is 25.0 Å². The molecule has 12 heavy (non-hydrogen) atoms. The molecule has 66 valence electrons. The van der Waals surface area contributed by atoms with Crippen LogP contribution in [0.1, 0.15) is 18.1 Å². The van der Waals surface area contributed by atoms with Crippen LogP contribution < -0.4 is 5.73 Å². The molecule has 1 rings (SSSR count). The Hall–Kier alpha value is -0.860. The maximum Gasteiger partial charge on any atom is 0.0992 e. The summed E-state index contributed by atoms with van der Waals surface area (Å²) in [6, 6.07) is 7.74. The average Bonchev–Trinajstić information content (AvgIpc) is 2.05. The van der Waals surface area contributed by atoms with Crippen LogP contribution in [0.4, 0.5) is 0 Å². The number of benzene rings is 1. The number of aryl methyl sites for hydroxylation is 1. The van der Waals surface area contributed by atoms with Crippen LogP contribution >= 0.6 is 0 Å². The Kier molecular flexibility index (Phi) is 2.50. The van der Waals surface area contributed by atoms with Gasteiger partial charge in [-0.3, -0.25) is 0 Å². The summed E-state index contributed by atoms with van der Waals surface area (Å²) in [5.74, 6) is 0. The van der Waals surface area contributed by atoms with E-state index in [1.54, 1.807) is 6.92 Å². The van der Waals surface area contributed by atoms with E-state index in [4.69, 9.17) is 5.73 Å². The van der Waals surface area contributed by atoms with Crippen LogP contribution in [0.3, 0.4) is 0 Å². The van der Waals surface area contributed by atoms with Gasteiger partial charge in [0.2, 0.25) is 0 Å². The molecule has 0 aliphatic heterocycles. The Morgan fingerprint density at radius 2 is 2.00 bits per heavy atom. The van der Waals surface area contributed by atoms with Crippen LogP contribution in [0, 0.1) is 6.92 Å². The molecule has 0 aromatic heterocycles. The van der Waals surface area contributed by atoms with Crippen LogP contribution in [-0.2, 0) is 5.60 Å². The fraction of sp³-hybridized carbons (Fsp3) is 0.400. The molecule has 0 radical (unpaired) electrons. The third-order valence-corrected chi connectivity index (χ3v) is 2.12. The Labute approximate surface area is 73.0 Å². The van der Waals surface area contributed by atoms with E-state index in [2.05, 4.69) is 0 Å². The molecular formula is C10H15NO. The lowest BCUT2D eigenvalue weighted by atomic mass is 9.92. The molecule has 3 N–H and O–H groups in total. The molecule has 0 unspecified atom stereocenters. The van der Waals surface area contributed by atoms with Gasteiger partial charge in [0.05, 0.1) is 5.60 Å². The molecule has 0 fully saturated rings. The summed E-state index contributed by atoms with van der Waals surface area (Å²) in [4.78, 5) is 0. The molecule has 0 aliphatic rings. The van der Waals surface area contributed by atoms with Gasteiger partial charge < -0.3 is 10.8 Å². The van der Waals surface area contributed by atoms with Gasteiger partial charge >= 0.3 is 0 Å². The first-order valence-corrected chi connectivity index (χ1v) is 4.06. The van der Waals surface area contributed by atoms with Crippen LogP contribution in [0.2, 0.25) is 0 Å². The maximum atomic E-state index is 9.85. The second-order valence-corrected chi connectivity index (χ2v) is 3.29. The van der Waals surface area contributed by atoms with Crippen molar-refractivity contribution in [2.75, 3.05) is 6.54 Å². The van der Waals surface area contributed by atoms with E-state index < -0.39 is 5.60 Å². The van der Waals surface area contributed by atoms with Crippen molar-refractivity contribution in [3.8, 4) is 0 Å². The van der Waals surface area contributed by atoms with E-state index in [0.29, 0.717) is 0 Å². The highest BCUT2D eigenvalue weighted by molar-refractivity contribution is 5.30. The minimum absolute atomic E-state index is 0.248. The Balaban J connectivity index is 3.10. The number of hydrogen-bond donors (Lipinski definition) is 2. The standard InChI is InChI=1S/C10H15NO/c1-8-5-3-4-6-9(8)10(2,12)7-11/h3-6,12H,7,11H2,1-2H3/t10-/m1/s1. The van der Waals surface area contributed by atoms with Gasteiger partial charge in [-0.2, -0.15) is 0 Å². The molecule has 0 saturated carbocycles. The zero-order valence-corrected chi connectivity index (χ0v) is 7.54. The van der Waals surface area contributed by atoms with E-state index in [1.165, 1.54) is 0 Å². The van der Waals surface area contributed by atoms with Crippen LogP contribution in [0.15, 0.2) is 24.3 Å². The van der Waals surface area contributed by atoms with Crippen molar-refractivity contribution in [1.82, 2.24) is 0 Å². The zero-order valence-electron chi connectivity index (χ0n) is 7.54. The number of hydrogen-bond acceptors (Lipinski definition) is 2. The Morgan fingerprint density at radius 1 is 1.42 bits per heavy atom. The largest absolute Gasteiger partial charge is 0.384 e. The molecule has 0 spiro atoms. The van der Waals surface area contributed by atoms with Gasteiger partial charge in [0.1, 0.15) is 0 Å². The molecule has 1 aromatic rings. The Bertz CT molecular complexity index is 268. The smallest absolute Gasteiger partial charge is 0.0992 e. The number of rotatable bonds is 2. The summed E-state index contributed by atoms with van der Waals surface area (Å²) < 4.78 is 0. The first kappa shape index (κ1) is 9.23. The minimum Gasteiger partial charge on any atom is -0.384 e. The lowest BCUT2D eigenvalue weighted by Gasteiger charge is -2.23. The fourth-order valence-corrected chi connectivity index (χ4v) is 1.29. The predicted molar refractivity (Wildman–Crippen MR) is 49.8 cm³/mol. The number of aliphatic hydroxyl groups is 1. The van der Waals surface area contributed by atoms with E-state index in [9.17, 15) is 5.11 Å². The number of nitrogens with two attached hydrogens (primary N) is 1. The second-order valence-electron chi connectivity index (χ2n) is 3.29. The normalized spacial score (nSPS) is 15.7. The summed E-state index contributed by atoms with van der Waals surface area (Å²) in [6.45, 7) is 3.95. The molecule has 1 aromatic carbocycles. The van der Waals surface area contributed by atoms with Crippen molar-refractivity contribution in [2.24, 2.45) is 5.73 Å². The Morgan fingerprint density at radius 3 is 2.50 bits per heavy atom. The lowest BCUT2D eigenvalue weighted by Crippen LogP contribution is -2.31. The molecule has 0 aliphatic carbocycles. The third kappa shape index (κ3) is 1.65. The van der Waals surface area contributed by atoms with E-state index >= 15 is 0 Å². The van der Waals surface area contributed by atoms with Crippen molar-refractivity contribution < 1.29 is 5.11 Å². The van der Waals surface area contributed by atoms with Gasteiger partial charge in [0.15, 0.2) is 0 Å². The summed E-state index contributed by atoms with van der Waals surface area (Å²) in [5, 5.41) is 9.85. The SMILES string of the molecule is Cc1ccccc1[C@](C)(O)CN. The minimum atomic E-state index is -0.897. The molecular weight excluding hydrogens is 150 g/mol. The van der Waals surface area contributed by atoms with Crippen molar-refractivity contribution in [2.45, 2.75) is 19.4 Å². The highest BCUT2D eigenvalue weighted by Gasteiger charge is 2.21. The van der Waals surface area contributed by atoms with Crippen molar-refractivity contribution in [3.63, 3.8) is 0 Å². The average molecular weight is 165 g/mol. The second kappa shape index (κ2) is 3.25. The van der Waals surface area contributed by atoms with Crippen LogP contribution in [0.5, 0.6) is 0 Å². The van der Waals surface area contributed by atoms with Crippen LogP contribution in [0.25, 0.3) is 0 Å². The third-order valence-electron chi connectivity index (χ3n) is 2.12. The summed E-state index contributed by atoms with van der Waals surface area (Å²) in [6.07, 6.45) is 0. The molecule has 0 saturated heterocycles. The highest BCUT2D eigenvalue weighted by Crippen LogP contribution is 2.21. The molecule has 0 bridgehead atoms. The van der Waals surface area contributed by atoms with Gasteiger partial charge in [-0.25, -0.2) is 0 Å². The van der Waals surface area contributed by atoms with Crippen molar-refractivity contribution in [3.05, 3.63) is 35.4 Å². The topological polar surface area (TPSA) is 46.2 Å². The van der Waals surface area contributed by atoms with Gasteiger partial charge in [-0.1, -0.05) is 24.3 Å². The highest BCUT2D eigenvalue weighted by atomic mass is 16.3. The molecule has 2 heteroatoms. The molecule has 1 atom stereocenters. The van der Waals surface area contributed by atoms with Gasteiger partial charge in [0.25, 0.3) is 0 Å². The van der Waals surface area contributed by atoms with Crippen molar-refractivity contribution >= 4 is 0 Å². The van der Waals surface area contributed by atoms with E-state index in [-0.39, 0.29) is 6.54 Å². The molecule has 0 amide bonds. The van der Waals surface area contributed by atoms with E-state index in [0.717, 1.165) is 11.1 Å². The maximum absolute atomic E-state index is 9.85. The first-order chi connectivity index (χ1) is 5.58. The van der Waals surface area contributed by atoms with Gasteiger partial charge in [-0.15, -0.1) is 0 Å². The quantitative estimate of drug-likeness (QED) is 0.690. The first-order valence-electron chi connectivity index (χ1n) is 4.06. The summed E-state index contributed by atoms with van der Waals surface area (Å²) >= 11 is 0. The summed E-state index contributed by atoms with van der Waals surface area (Å²) in [7, 11) is 0. The summed E-state index contributed by atoms with van der Waals surface area (Å²) in [5.41, 5.74) is 6.55. The lowest BCUT2D eigenvalue weighted by molar-refractivity contribution is 0.0662. The predicted octanol–water partition coefficient (Wildman–Crippen LogP) is 1.16. The molecule has 2 nitrogen and oxygen atoms in total. The zero-order chi connectivity index (χ0) is 9.19. The monoisotopic (exact) mass is 165 g/mol. The van der Waals surface area contributed by atoms with Crippen LogP contribution in [-0.4, -0.2) is 11.7 Å². The molecule has 0 heterocycles. The van der Waals surface area contributed by atoms with Gasteiger partial charge in [0, 0.05) is 6.54 Å². The van der Waals surface area contributed by atoms with Crippen molar-refractivity contribution in [1.29, 1.82) is 0 Å². The van der Waals surface area contributed by atoms with E-state index in [1.807, 2.05) is 31.2 Å². The fourth-order valence-electron chi connectivity index (χ4n) is 1.29.